The Hall–Kier alpha value is -2.88. The van der Waals surface area contributed by atoms with Crippen LogP contribution in [0.4, 0.5) is 5.69 Å². The summed E-state index contributed by atoms with van der Waals surface area (Å²) in [5.41, 5.74) is 5.44. The average molecular weight is 306 g/mol. The summed E-state index contributed by atoms with van der Waals surface area (Å²) >= 11 is 0. The van der Waals surface area contributed by atoms with Crippen molar-refractivity contribution in [1.29, 1.82) is 0 Å². The maximum Gasteiger partial charge on any atom is 0.282 e. The Morgan fingerprint density at radius 2 is 1.61 bits per heavy atom. The van der Waals surface area contributed by atoms with E-state index < -0.39 is 0 Å². The monoisotopic (exact) mass is 306 g/mol. The molecule has 2 amide bonds. The number of anilines is 1. The molecule has 0 saturated carbocycles. The molecule has 1 heterocycles. The Bertz CT molecular complexity index is 762. The van der Waals surface area contributed by atoms with Gasteiger partial charge in [-0.05, 0) is 35.3 Å². The lowest BCUT2D eigenvalue weighted by molar-refractivity contribution is -0.117. The van der Waals surface area contributed by atoms with Crippen molar-refractivity contribution in [3.63, 3.8) is 0 Å². The second-order valence-corrected chi connectivity index (χ2v) is 5.80. The minimum Gasteiger partial charge on any atom is -0.267 e. The van der Waals surface area contributed by atoms with Crippen LogP contribution in [0.2, 0.25) is 0 Å². The van der Waals surface area contributed by atoms with Crippen LogP contribution in [0.1, 0.15) is 30.9 Å². The standard InChI is InChI=1S/C19H18N2O2/c1-13(2)15-10-8-14(9-11-15)12-17-18(22)20-21(19(17)23)16-6-4-3-5-7-16/h3-13H,1-2H3,(H,20,22)/b17-12-. The summed E-state index contributed by atoms with van der Waals surface area (Å²) in [5, 5.41) is 1.27. The quantitative estimate of drug-likeness (QED) is 0.699. The van der Waals surface area contributed by atoms with Gasteiger partial charge in [-0.2, -0.15) is 0 Å². The summed E-state index contributed by atoms with van der Waals surface area (Å²) in [6, 6.07) is 16.9. The molecule has 1 saturated heterocycles. The fourth-order valence-electron chi connectivity index (χ4n) is 2.46. The van der Waals surface area contributed by atoms with Crippen molar-refractivity contribution in [2.75, 3.05) is 5.01 Å². The minimum atomic E-state index is -0.383. The van der Waals surface area contributed by atoms with Crippen LogP contribution in [0.25, 0.3) is 6.08 Å². The molecule has 116 valence electrons. The van der Waals surface area contributed by atoms with Crippen LogP contribution < -0.4 is 10.4 Å². The molecule has 1 aliphatic rings. The van der Waals surface area contributed by atoms with Gasteiger partial charge in [0, 0.05) is 0 Å². The Balaban J connectivity index is 1.88. The third kappa shape index (κ3) is 3.01. The van der Waals surface area contributed by atoms with Crippen molar-refractivity contribution in [3.05, 3.63) is 71.3 Å². The largest absolute Gasteiger partial charge is 0.282 e. The van der Waals surface area contributed by atoms with Gasteiger partial charge < -0.3 is 0 Å². The van der Waals surface area contributed by atoms with E-state index in [4.69, 9.17) is 0 Å². The minimum absolute atomic E-state index is 0.145. The van der Waals surface area contributed by atoms with Gasteiger partial charge >= 0.3 is 0 Å². The second kappa shape index (κ2) is 6.08. The zero-order valence-electron chi connectivity index (χ0n) is 13.1. The number of carbonyl (C=O) groups is 2. The van der Waals surface area contributed by atoms with E-state index in [1.165, 1.54) is 10.6 Å². The maximum atomic E-state index is 12.5. The predicted octanol–water partition coefficient (Wildman–Crippen LogP) is 3.27. The van der Waals surface area contributed by atoms with Gasteiger partial charge in [0.15, 0.2) is 0 Å². The van der Waals surface area contributed by atoms with E-state index in [0.717, 1.165) is 5.56 Å². The number of nitrogens with one attached hydrogen (secondary N) is 1. The van der Waals surface area contributed by atoms with Crippen LogP contribution in [-0.4, -0.2) is 11.8 Å². The van der Waals surface area contributed by atoms with Crippen molar-refractivity contribution < 1.29 is 9.59 Å². The fraction of sp³-hybridized carbons (Fsp3) is 0.158. The first-order chi connectivity index (χ1) is 11.1. The summed E-state index contributed by atoms with van der Waals surface area (Å²) < 4.78 is 0. The molecule has 0 unspecified atom stereocenters. The van der Waals surface area contributed by atoms with Gasteiger partial charge in [0.25, 0.3) is 11.8 Å². The first-order valence-corrected chi connectivity index (χ1v) is 7.58. The number of carbonyl (C=O) groups excluding carboxylic acids is 2. The zero-order chi connectivity index (χ0) is 16.4. The molecule has 3 rings (SSSR count). The molecular weight excluding hydrogens is 288 g/mol. The van der Waals surface area contributed by atoms with Crippen LogP contribution in [0.15, 0.2) is 60.2 Å². The van der Waals surface area contributed by atoms with Gasteiger partial charge in [0.1, 0.15) is 5.57 Å². The predicted molar refractivity (Wildman–Crippen MR) is 90.6 cm³/mol. The molecule has 1 aliphatic heterocycles. The molecule has 23 heavy (non-hydrogen) atoms. The Morgan fingerprint density at radius 1 is 0.957 bits per heavy atom. The van der Waals surface area contributed by atoms with E-state index in [1.54, 1.807) is 18.2 Å². The first-order valence-electron chi connectivity index (χ1n) is 7.58. The lowest BCUT2D eigenvalue weighted by atomic mass is 10.0. The molecule has 4 heteroatoms. The highest BCUT2D eigenvalue weighted by Crippen LogP contribution is 2.22. The van der Waals surface area contributed by atoms with Crippen LogP contribution in [0.3, 0.4) is 0 Å². The molecule has 2 aromatic carbocycles. The van der Waals surface area contributed by atoms with Crippen molar-refractivity contribution in [2.45, 2.75) is 19.8 Å². The van der Waals surface area contributed by atoms with Gasteiger partial charge in [0.05, 0.1) is 5.69 Å². The molecule has 0 atom stereocenters. The molecule has 0 spiro atoms. The van der Waals surface area contributed by atoms with Crippen molar-refractivity contribution >= 4 is 23.6 Å². The average Bonchev–Trinajstić information content (AvgIpc) is 2.84. The van der Waals surface area contributed by atoms with E-state index >= 15 is 0 Å². The molecule has 1 fully saturated rings. The topological polar surface area (TPSA) is 49.4 Å². The summed E-state index contributed by atoms with van der Waals surface area (Å²) in [4.78, 5) is 24.6. The van der Waals surface area contributed by atoms with Gasteiger partial charge in [-0.1, -0.05) is 56.3 Å². The van der Waals surface area contributed by atoms with Crippen molar-refractivity contribution in [2.24, 2.45) is 0 Å². The van der Waals surface area contributed by atoms with E-state index in [2.05, 4.69) is 19.3 Å². The highest BCUT2D eigenvalue weighted by atomic mass is 16.2. The highest BCUT2D eigenvalue weighted by molar-refractivity contribution is 6.31. The van der Waals surface area contributed by atoms with Gasteiger partial charge in [-0.25, -0.2) is 5.01 Å². The molecule has 1 N–H and O–H groups in total. The number of hydrogen-bond acceptors (Lipinski definition) is 2. The molecule has 0 bridgehead atoms. The van der Waals surface area contributed by atoms with Gasteiger partial charge in [0.2, 0.25) is 0 Å². The first kappa shape index (κ1) is 15.0. The van der Waals surface area contributed by atoms with Crippen LogP contribution in [0.5, 0.6) is 0 Å². The zero-order valence-corrected chi connectivity index (χ0v) is 13.1. The second-order valence-electron chi connectivity index (χ2n) is 5.80. The number of amides is 2. The number of hydrazine groups is 1. The van der Waals surface area contributed by atoms with Crippen LogP contribution in [-0.2, 0) is 9.59 Å². The maximum absolute atomic E-state index is 12.5. The summed E-state index contributed by atoms with van der Waals surface area (Å²) in [5.74, 6) is -0.275. The van der Waals surface area contributed by atoms with Crippen molar-refractivity contribution in [1.82, 2.24) is 5.43 Å². The van der Waals surface area contributed by atoms with Crippen LogP contribution in [0, 0.1) is 0 Å². The van der Waals surface area contributed by atoms with Crippen LogP contribution >= 0.6 is 0 Å². The highest BCUT2D eigenvalue weighted by Gasteiger charge is 2.34. The smallest absolute Gasteiger partial charge is 0.267 e. The molecule has 0 aliphatic carbocycles. The lowest BCUT2D eigenvalue weighted by Gasteiger charge is -2.13. The number of hydrogen-bond donors (Lipinski definition) is 1. The van der Waals surface area contributed by atoms with E-state index in [1.807, 2.05) is 42.5 Å². The Labute approximate surface area is 135 Å². The Kier molecular flexibility index (Phi) is 3.98. The van der Waals surface area contributed by atoms with Crippen molar-refractivity contribution in [3.8, 4) is 0 Å². The van der Waals surface area contributed by atoms with Gasteiger partial charge in [-0.3, -0.25) is 15.0 Å². The third-order valence-electron chi connectivity index (χ3n) is 3.82. The SMILES string of the molecule is CC(C)c1ccc(/C=C2/C(=O)NN(c3ccccc3)C2=O)cc1. The summed E-state index contributed by atoms with van der Waals surface area (Å²) in [7, 11) is 0. The summed E-state index contributed by atoms with van der Waals surface area (Å²) in [6.07, 6.45) is 1.63. The van der Waals surface area contributed by atoms with E-state index in [-0.39, 0.29) is 17.4 Å². The molecule has 2 aromatic rings. The molecular formula is C19H18N2O2. The molecule has 0 aromatic heterocycles. The normalized spacial score (nSPS) is 16.3. The number of nitrogens with zero attached hydrogens (tertiary/aromatic N) is 1. The van der Waals surface area contributed by atoms with E-state index in [9.17, 15) is 9.59 Å². The van der Waals surface area contributed by atoms with E-state index in [0.29, 0.717) is 11.6 Å². The fourth-order valence-corrected chi connectivity index (χ4v) is 2.46. The number of para-hydroxylation sites is 1. The third-order valence-corrected chi connectivity index (χ3v) is 3.82. The molecule has 0 radical (unpaired) electrons. The lowest BCUT2D eigenvalue weighted by Crippen LogP contribution is -2.35. The summed E-state index contributed by atoms with van der Waals surface area (Å²) in [6.45, 7) is 4.25. The number of rotatable bonds is 3. The van der Waals surface area contributed by atoms with Gasteiger partial charge in [-0.15, -0.1) is 0 Å². The molecule has 4 nitrogen and oxygen atoms in total. The Morgan fingerprint density at radius 3 is 2.22 bits per heavy atom. The number of benzene rings is 2.